The molecule has 0 atom stereocenters. The topological polar surface area (TPSA) is 221 Å². The van der Waals surface area contributed by atoms with E-state index in [1.54, 1.807) is 0 Å². The second-order valence-electron chi connectivity index (χ2n) is 15.8. The first kappa shape index (κ1) is 56.0. The summed E-state index contributed by atoms with van der Waals surface area (Å²) in [6.07, 6.45) is 0. The number of allylic oxidation sites excluding steroid dienone is 1. The summed E-state index contributed by atoms with van der Waals surface area (Å²) in [5.74, 6) is -23.8. The molecule has 0 bridgehead atoms. The van der Waals surface area contributed by atoms with E-state index in [9.17, 15) is 59.7 Å². The largest absolute Gasteiger partial charge is 0.496 e. The van der Waals surface area contributed by atoms with Gasteiger partial charge in [-0.05, 0) is 104 Å². The van der Waals surface area contributed by atoms with Crippen LogP contribution in [0.5, 0.6) is 0 Å². The average Bonchev–Trinajstić information content (AvgIpc) is 4.05. The van der Waals surface area contributed by atoms with Crippen LogP contribution in [0.3, 0.4) is 0 Å². The van der Waals surface area contributed by atoms with Crippen LogP contribution in [0, 0.1) is 98.7 Å². The Bertz CT molecular complexity index is 3930. The first-order chi connectivity index (χ1) is 35.7. The van der Waals surface area contributed by atoms with Crippen LogP contribution < -0.4 is 26.9 Å². The number of nitrogens with zero attached hydrogens (tertiary/aromatic N) is 14. The Morgan fingerprint density at radius 1 is 0.526 bits per heavy atom. The highest BCUT2D eigenvalue weighted by Gasteiger charge is 2.52. The molecule has 32 heteroatoms. The third-order valence-corrected chi connectivity index (χ3v) is 11.8. The zero-order chi connectivity index (χ0) is 56.0. The maximum Gasteiger partial charge on any atom is 0.496 e. The maximum absolute atomic E-state index is 14.3. The number of rotatable bonds is 4. The van der Waals surface area contributed by atoms with Crippen molar-refractivity contribution in [1.29, 1.82) is 15.8 Å². The fraction of sp³-hybridized carbons (Fsp3) is 0.136. The Morgan fingerprint density at radius 2 is 0.908 bits per heavy atom. The summed E-state index contributed by atoms with van der Waals surface area (Å²) in [6, 6.07) is 10.8. The lowest BCUT2D eigenvalue weighted by molar-refractivity contribution is 0.00578. The predicted molar refractivity (Wildman–Crippen MR) is 245 cm³/mol. The third kappa shape index (κ3) is 10.3. The summed E-state index contributed by atoms with van der Waals surface area (Å²) in [4.78, 5) is 40.4. The number of halogens is 15. The number of hydrogen-bond acceptors (Lipinski definition) is 15. The van der Waals surface area contributed by atoms with Crippen LogP contribution in [0.4, 0.5) is 43.9 Å². The smallest absolute Gasteiger partial charge is 0.399 e. The lowest BCUT2D eigenvalue weighted by atomic mass is 9.76. The van der Waals surface area contributed by atoms with E-state index in [1.165, 1.54) is 30.3 Å². The third-order valence-electron chi connectivity index (χ3n) is 10.9. The Labute approximate surface area is 442 Å². The number of nitriles is 3. The highest BCUT2D eigenvalue weighted by atomic mass is 35.5. The van der Waals surface area contributed by atoms with Gasteiger partial charge in [0.15, 0.2) is 69.8 Å². The van der Waals surface area contributed by atoms with E-state index < -0.39 is 111 Å². The molecule has 6 aromatic rings. The standard InChI is InChI=1S/C22H14BF5N4O2.C19H2Cl2F5N7.C3Cl3N3/c1-21(2)22(3,4)34-23(33-21)11-5-6-12-19(9(11)7-29)32-20(31-12)10(8-30)13-14(24)16(26)18(28)17(27)15(13)25;1-28-15(8-9(22)11(24)13(26)12(25)10(8)23)17-29-7-3-2-5(6(4-27)14(7)30-17)16-31-18(20)33-19(21)32-16;4-1-7-2(5)9-3(6)8-1/h5-6H,1-4H3;2-3H;/b20-10-;17-15+;. The van der Waals surface area contributed by atoms with Gasteiger partial charge in [-0.2, -0.15) is 45.7 Å². The van der Waals surface area contributed by atoms with Gasteiger partial charge in [0, 0.05) is 11.0 Å². The molecular weight excluding hydrogens is 1130 g/mol. The van der Waals surface area contributed by atoms with Crippen LogP contribution in [-0.4, -0.2) is 48.2 Å². The molecule has 2 aromatic heterocycles. The molecule has 0 unspecified atom stereocenters. The van der Waals surface area contributed by atoms with Crippen LogP contribution in [0.1, 0.15) is 49.9 Å². The molecule has 0 aliphatic carbocycles. The summed E-state index contributed by atoms with van der Waals surface area (Å²) in [7, 11) is -0.946. The molecule has 382 valence electrons. The molecule has 5 heterocycles. The summed E-state index contributed by atoms with van der Waals surface area (Å²) in [5, 5.41) is 28.2. The van der Waals surface area contributed by atoms with Crippen molar-refractivity contribution in [3.8, 4) is 29.6 Å². The Hall–Kier alpha value is -7.73. The van der Waals surface area contributed by atoms with Gasteiger partial charge in [0.05, 0.1) is 50.7 Å². The van der Waals surface area contributed by atoms with Gasteiger partial charge < -0.3 is 9.31 Å². The van der Waals surface area contributed by atoms with E-state index >= 15 is 0 Å². The highest BCUT2D eigenvalue weighted by molar-refractivity contribution is 6.62. The van der Waals surface area contributed by atoms with Crippen LogP contribution >= 0.6 is 58.0 Å². The van der Waals surface area contributed by atoms with Gasteiger partial charge in [0.1, 0.15) is 34.5 Å². The van der Waals surface area contributed by atoms with Gasteiger partial charge >= 0.3 is 7.12 Å². The zero-order valence-corrected chi connectivity index (χ0v) is 41.4. The Morgan fingerprint density at radius 3 is 1.34 bits per heavy atom. The van der Waals surface area contributed by atoms with Crippen molar-refractivity contribution in [2.75, 3.05) is 0 Å². The SMILES string of the molecule is CC1(C)OB(c2ccc3c(c2C#N)=N/C(=C(/C#N)c2c(F)c(F)c(F)c(F)c2F)N=3)OC1(C)C.Clc1nc(Cl)nc(Cl)n1.[C-]#[N+]/C(=C1\N=c2ccc(-c3nc(Cl)nc(Cl)n3)c(C#N)c2=N1)c1c(F)c(F)c(F)c(F)c1F. The molecule has 4 aromatic carbocycles. The van der Waals surface area contributed by atoms with Crippen molar-refractivity contribution in [2.45, 2.75) is 38.9 Å². The van der Waals surface area contributed by atoms with Crippen LogP contribution in [0.15, 0.2) is 55.9 Å². The van der Waals surface area contributed by atoms with Gasteiger partial charge in [-0.3, -0.25) is 0 Å². The Kier molecular flexibility index (Phi) is 15.8. The minimum Gasteiger partial charge on any atom is -0.399 e. The van der Waals surface area contributed by atoms with Crippen LogP contribution in [-0.2, 0) is 9.31 Å². The first-order valence-corrected chi connectivity index (χ1v) is 22.1. The molecule has 0 radical (unpaired) electrons. The molecule has 0 amide bonds. The van der Waals surface area contributed by atoms with Crippen molar-refractivity contribution >= 4 is 81.9 Å². The highest BCUT2D eigenvalue weighted by Crippen LogP contribution is 2.37. The normalized spacial score (nSPS) is 15.5. The van der Waals surface area contributed by atoms with E-state index in [-0.39, 0.29) is 70.4 Å². The summed E-state index contributed by atoms with van der Waals surface area (Å²) in [5.41, 5.74) is -6.23. The van der Waals surface area contributed by atoms with Gasteiger partial charge in [0.25, 0.3) is 0 Å². The molecule has 0 spiro atoms. The number of aromatic nitrogens is 6. The predicted octanol–water partition coefficient (Wildman–Crippen LogP) is 8.44. The molecule has 0 saturated carbocycles. The lowest BCUT2D eigenvalue weighted by Gasteiger charge is -2.32. The monoisotopic (exact) mass is 1150 g/mol. The number of hydrogen-bond donors (Lipinski definition) is 0. The number of benzene rings is 4. The van der Waals surface area contributed by atoms with E-state index in [0.29, 0.717) is 5.46 Å². The van der Waals surface area contributed by atoms with Gasteiger partial charge in [0.2, 0.25) is 37.9 Å². The van der Waals surface area contributed by atoms with E-state index in [1.807, 2.05) is 39.8 Å². The second-order valence-corrected chi connectivity index (χ2v) is 17.5. The van der Waals surface area contributed by atoms with Crippen molar-refractivity contribution in [1.82, 2.24) is 29.9 Å². The van der Waals surface area contributed by atoms with Gasteiger partial charge in [-0.15, -0.1) is 0 Å². The molecule has 0 N–H and O–H groups in total. The molecule has 1 fully saturated rings. The van der Waals surface area contributed by atoms with Crippen LogP contribution in [0.25, 0.3) is 27.5 Å². The van der Waals surface area contributed by atoms with Crippen LogP contribution in [0.2, 0.25) is 26.4 Å². The molecule has 16 nitrogen and oxygen atoms in total. The van der Waals surface area contributed by atoms with E-state index in [2.05, 4.69) is 54.7 Å². The van der Waals surface area contributed by atoms with Crippen molar-refractivity contribution < 1.29 is 53.2 Å². The minimum atomic E-state index is -2.38. The molecule has 76 heavy (non-hydrogen) atoms. The molecule has 3 aliphatic rings. The quantitative estimate of drug-likeness (QED) is 0.0407. The summed E-state index contributed by atoms with van der Waals surface area (Å²) >= 11 is 27.5. The molecule has 3 aliphatic heterocycles. The maximum atomic E-state index is 14.3. The zero-order valence-electron chi connectivity index (χ0n) is 37.6. The summed E-state index contributed by atoms with van der Waals surface area (Å²) in [6.45, 7) is 14.5. The van der Waals surface area contributed by atoms with Gasteiger partial charge in [-0.1, -0.05) is 6.07 Å². The van der Waals surface area contributed by atoms with E-state index in [4.69, 9.17) is 73.9 Å². The second kappa shape index (κ2) is 21.5. The van der Waals surface area contributed by atoms with Gasteiger partial charge in [-0.25, -0.2) is 68.7 Å². The molecular formula is C44H16BCl5F10N14O2. The fourth-order valence-electron chi connectivity index (χ4n) is 6.70. The fourth-order valence-corrected chi connectivity index (χ4v) is 7.67. The van der Waals surface area contributed by atoms with Crippen molar-refractivity contribution in [3.63, 3.8) is 0 Å². The molecule has 9 rings (SSSR count). The van der Waals surface area contributed by atoms with Crippen molar-refractivity contribution in [2.24, 2.45) is 20.0 Å². The average molecular weight is 1150 g/mol. The molecule has 1 saturated heterocycles. The Balaban J connectivity index is 0.000000190. The summed E-state index contributed by atoms with van der Waals surface area (Å²) < 4.78 is 150. The minimum absolute atomic E-state index is 0.000000000000000444. The van der Waals surface area contributed by atoms with Crippen molar-refractivity contribution in [3.05, 3.63) is 176 Å². The number of fused-ring (bicyclic) bond motifs is 2. The lowest BCUT2D eigenvalue weighted by Crippen LogP contribution is -2.42. The van der Waals surface area contributed by atoms with E-state index in [0.717, 1.165) is 0 Å². The first-order valence-electron chi connectivity index (χ1n) is 20.2.